The molecule has 41 heavy (non-hydrogen) atoms. The van der Waals surface area contributed by atoms with E-state index in [4.69, 9.17) is 19.9 Å². The fourth-order valence-corrected chi connectivity index (χ4v) is 3.18. The maximum atomic E-state index is 12.7. The van der Waals surface area contributed by atoms with Gasteiger partial charge in [0.05, 0.1) is 31.3 Å². The predicted octanol–water partition coefficient (Wildman–Crippen LogP) is 1.61. The van der Waals surface area contributed by atoms with E-state index in [1.54, 1.807) is 62.3 Å². The van der Waals surface area contributed by atoms with Crippen molar-refractivity contribution in [3.8, 4) is 0 Å². The number of alkyl carbamates (subject to hydrolysis) is 2. The summed E-state index contributed by atoms with van der Waals surface area (Å²) in [5, 5.41) is 28.5. The van der Waals surface area contributed by atoms with Crippen LogP contribution in [-0.2, 0) is 19.0 Å². The van der Waals surface area contributed by atoms with Crippen molar-refractivity contribution in [3.05, 3.63) is 0 Å². The molecule has 0 aliphatic carbocycles. The molecule has 7 N–H and O–H groups in total. The van der Waals surface area contributed by atoms with Crippen molar-refractivity contribution in [3.63, 3.8) is 0 Å². The van der Waals surface area contributed by atoms with E-state index in [9.17, 15) is 29.4 Å². The second-order valence-electron chi connectivity index (χ2n) is 12.9. The molecule has 0 aliphatic rings. The van der Waals surface area contributed by atoms with Crippen LogP contribution in [-0.4, -0.2) is 107 Å². The van der Waals surface area contributed by atoms with Crippen molar-refractivity contribution in [2.75, 3.05) is 32.7 Å². The molecule has 0 spiro atoms. The number of carbonyl (C=O) groups excluding carboxylic acids is 4. The zero-order chi connectivity index (χ0) is 32.0. The Balaban J connectivity index is 4.72. The molecule has 0 aromatic carbocycles. The van der Waals surface area contributed by atoms with Gasteiger partial charge in [0, 0.05) is 19.6 Å². The topological polar surface area (TPSA) is 202 Å². The molecule has 14 heteroatoms. The molecule has 0 radical (unpaired) electrons. The predicted molar refractivity (Wildman–Crippen MR) is 153 cm³/mol. The number of nitrogens with two attached hydrogens (primary N) is 1. The first-order valence-corrected chi connectivity index (χ1v) is 13.9. The minimum Gasteiger partial charge on any atom is -0.444 e. The molecule has 14 nitrogen and oxygen atoms in total. The Morgan fingerprint density at radius 2 is 1.15 bits per heavy atom. The summed E-state index contributed by atoms with van der Waals surface area (Å²) in [6.07, 6.45) is -2.86. The number of ether oxygens (including phenoxy) is 3. The number of unbranched alkanes of at least 4 members (excludes halogenated alkanes) is 1. The molecule has 0 bridgehead atoms. The first-order valence-electron chi connectivity index (χ1n) is 13.9. The zero-order valence-corrected chi connectivity index (χ0v) is 26.2. The number of hydrogen-bond acceptors (Lipinski definition) is 10. The smallest absolute Gasteiger partial charge is 0.410 e. The second kappa shape index (κ2) is 17.2. The Morgan fingerprint density at radius 3 is 1.61 bits per heavy atom. The van der Waals surface area contributed by atoms with Crippen LogP contribution in [0.25, 0.3) is 0 Å². The lowest BCUT2D eigenvalue weighted by Crippen LogP contribution is -2.50. The normalized spacial score (nSPS) is 14.2. The van der Waals surface area contributed by atoms with E-state index in [2.05, 4.69) is 16.0 Å². The maximum Gasteiger partial charge on any atom is 0.410 e. The first kappa shape index (κ1) is 38.2. The number of rotatable bonds is 14. The summed E-state index contributed by atoms with van der Waals surface area (Å²) in [7, 11) is 0. The lowest BCUT2D eigenvalue weighted by atomic mass is 10.1. The fraction of sp³-hybridized carbons (Fsp3) is 0.852. The van der Waals surface area contributed by atoms with E-state index in [1.165, 1.54) is 0 Å². The molecule has 0 saturated carbocycles. The van der Waals surface area contributed by atoms with Crippen LogP contribution in [0.15, 0.2) is 0 Å². The van der Waals surface area contributed by atoms with E-state index in [0.717, 1.165) is 4.90 Å². The summed E-state index contributed by atoms with van der Waals surface area (Å²) in [5.41, 5.74) is 3.81. The minimum absolute atomic E-state index is 0.196. The van der Waals surface area contributed by atoms with Crippen molar-refractivity contribution in [1.29, 1.82) is 0 Å². The van der Waals surface area contributed by atoms with Gasteiger partial charge in [-0.3, -0.25) is 4.79 Å². The van der Waals surface area contributed by atoms with Crippen LogP contribution in [0, 0.1) is 0 Å². The second-order valence-corrected chi connectivity index (χ2v) is 12.9. The van der Waals surface area contributed by atoms with E-state index in [1.807, 2.05) is 0 Å². The number of aliphatic hydroxyl groups excluding tert-OH is 2. The third-order valence-electron chi connectivity index (χ3n) is 4.85. The van der Waals surface area contributed by atoms with Crippen LogP contribution < -0.4 is 21.7 Å². The highest BCUT2D eigenvalue weighted by Crippen LogP contribution is 2.12. The molecule has 0 fully saturated rings. The Kier molecular flexibility index (Phi) is 16.0. The number of hydrogen-bond donors (Lipinski definition) is 6. The Bertz CT molecular complexity index is 835. The van der Waals surface area contributed by atoms with Gasteiger partial charge in [-0.1, -0.05) is 0 Å². The lowest BCUT2D eigenvalue weighted by molar-refractivity contribution is -0.123. The Morgan fingerprint density at radius 1 is 0.707 bits per heavy atom. The summed E-state index contributed by atoms with van der Waals surface area (Å²) in [6, 6.07) is -0.827. The van der Waals surface area contributed by atoms with Gasteiger partial charge >= 0.3 is 18.3 Å². The molecule has 4 amide bonds. The summed E-state index contributed by atoms with van der Waals surface area (Å²) >= 11 is 0. The molecular formula is C27H53N5O9. The molecule has 0 aromatic rings. The van der Waals surface area contributed by atoms with Gasteiger partial charge < -0.3 is 51.0 Å². The lowest BCUT2D eigenvalue weighted by Gasteiger charge is -2.30. The fourth-order valence-electron chi connectivity index (χ4n) is 3.18. The van der Waals surface area contributed by atoms with Gasteiger partial charge in [0.15, 0.2) is 0 Å². The van der Waals surface area contributed by atoms with Crippen LogP contribution in [0.2, 0.25) is 0 Å². The van der Waals surface area contributed by atoms with Gasteiger partial charge in [-0.2, -0.15) is 0 Å². The van der Waals surface area contributed by atoms with Crippen LogP contribution in [0.1, 0.15) is 81.6 Å². The van der Waals surface area contributed by atoms with E-state index in [-0.39, 0.29) is 26.2 Å². The van der Waals surface area contributed by atoms with Gasteiger partial charge in [-0.05, 0) is 81.6 Å². The molecule has 0 rings (SSSR count). The van der Waals surface area contributed by atoms with E-state index in [0.29, 0.717) is 25.8 Å². The summed E-state index contributed by atoms with van der Waals surface area (Å²) in [4.78, 5) is 49.7. The highest BCUT2D eigenvalue weighted by atomic mass is 16.6. The molecule has 0 saturated heterocycles. The van der Waals surface area contributed by atoms with Gasteiger partial charge in [0.2, 0.25) is 5.91 Å². The average Bonchev–Trinajstić information content (AvgIpc) is 2.77. The third kappa shape index (κ3) is 21.6. The third-order valence-corrected chi connectivity index (χ3v) is 4.85. The summed E-state index contributed by atoms with van der Waals surface area (Å²) in [6.45, 7) is 14.9. The number of aliphatic hydroxyl groups is 2. The number of carbonyl (C=O) groups is 4. The van der Waals surface area contributed by atoms with Crippen LogP contribution in [0.5, 0.6) is 0 Å². The number of nitrogens with zero attached hydrogens (tertiary/aromatic N) is 1. The maximum absolute atomic E-state index is 12.7. The SMILES string of the molecule is CC(C)(C)OC(=O)NCCCC[C@H](N)C(=O)NC[C@H](O)CN(C[C@H](O)CNC(=O)OC(C)(C)C)C(=O)OC(C)(C)C. The molecule has 0 aromatic heterocycles. The van der Waals surface area contributed by atoms with Gasteiger partial charge in [0.25, 0.3) is 0 Å². The van der Waals surface area contributed by atoms with Gasteiger partial charge in [0.1, 0.15) is 16.8 Å². The monoisotopic (exact) mass is 591 g/mol. The number of amides is 4. The Hall–Kier alpha value is -2.84. The van der Waals surface area contributed by atoms with Crippen LogP contribution in [0.4, 0.5) is 14.4 Å². The molecule has 240 valence electrons. The highest BCUT2D eigenvalue weighted by Gasteiger charge is 2.27. The molecule has 3 atom stereocenters. The van der Waals surface area contributed by atoms with E-state index < -0.39 is 59.2 Å². The van der Waals surface area contributed by atoms with Crippen LogP contribution >= 0.6 is 0 Å². The molecular weight excluding hydrogens is 538 g/mol. The van der Waals surface area contributed by atoms with Crippen molar-refractivity contribution < 1.29 is 43.6 Å². The highest BCUT2D eigenvalue weighted by molar-refractivity contribution is 5.81. The molecule has 0 heterocycles. The van der Waals surface area contributed by atoms with Crippen LogP contribution in [0.3, 0.4) is 0 Å². The average molecular weight is 592 g/mol. The summed E-state index contributed by atoms with van der Waals surface area (Å²) < 4.78 is 15.7. The van der Waals surface area contributed by atoms with Crippen molar-refractivity contribution in [1.82, 2.24) is 20.9 Å². The molecule has 0 aliphatic heterocycles. The van der Waals surface area contributed by atoms with Crippen molar-refractivity contribution in [2.24, 2.45) is 5.73 Å². The van der Waals surface area contributed by atoms with Crippen molar-refractivity contribution >= 4 is 24.2 Å². The quantitative estimate of drug-likeness (QED) is 0.127. The Labute approximate surface area is 244 Å². The minimum atomic E-state index is -1.19. The van der Waals surface area contributed by atoms with Gasteiger partial charge in [-0.15, -0.1) is 0 Å². The summed E-state index contributed by atoms with van der Waals surface area (Å²) in [5.74, 6) is -0.477. The van der Waals surface area contributed by atoms with E-state index >= 15 is 0 Å². The van der Waals surface area contributed by atoms with Crippen molar-refractivity contribution in [2.45, 2.75) is 117 Å². The molecule has 0 unspecified atom stereocenters. The zero-order valence-electron chi connectivity index (χ0n) is 26.2. The van der Waals surface area contributed by atoms with Gasteiger partial charge in [-0.25, -0.2) is 14.4 Å². The largest absolute Gasteiger partial charge is 0.444 e. The standard InChI is InChI=1S/C27H53N5O9/c1-25(2,3)39-22(36)29-13-11-10-12-20(28)21(35)30-14-18(33)16-32(24(38)41-27(7,8)9)17-19(34)15-31-23(37)40-26(4,5)6/h18-20,33-34H,10-17,28H2,1-9H3,(H,29,36)(H,30,35)(H,31,37)/t18-,19+,20-/m0/s1. The first-order chi connectivity index (χ1) is 18.6. The number of nitrogens with one attached hydrogen (secondary N) is 3.